The Morgan fingerprint density at radius 3 is 2.55 bits per heavy atom. The molecule has 1 aliphatic heterocycles. The zero-order valence-corrected chi connectivity index (χ0v) is 11.6. The van der Waals surface area contributed by atoms with Gasteiger partial charge in [-0.05, 0) is 18.4 Å². The van der Waals surface area contributed by atoms with Crippen LogP contribution in [0.5, 0.6) is 0 Å². The molecule has 3 rings (SSSR count). The molecule has 0 atom stereocenters. The first kappa shape index (κ1) is 13.0. The Balaban J connectivity index is 1.94. The van der Waals surface area contributed by atoms with Gasteiger partial charge in [0.05, 0.1) is 6.54 Å². The maximum Gasteiger partial charge on any atom is 0.416 e. The van der Waals surface area contributed by atoms with E-state index in [0.717, 1.165) is 31.2 Å². The Morgan fingerprint density at radius 2 is 1.90 bits per heavy atom. The molecular weight excluding hydrogens is 250 g/mol. The van der Waals surface area contributed by atoms with E-state index >= 15 is 0 Å². The molecule has 104 valence electrons. The number of ether oxygens (including phenoxy) is 1. The summed E-state index contributed by atoms with van der Waals surface area (Å²) in [5.41, 5.74) is 3.66. The second kappa shape index (κ2) is 5.18. The third-order valence-corrected chi connectivity index (χ3v) is 4.37. The second-order valence-electron chi connectivity index (χ2n) is 5.54. The summed E-state index contributed by atoms with van der Waals surface area (Å²) >= 11 is 0. The van der Waals surface area contributed by atoms with Gasteiger partial charge in [0.1, 0.15) is 5.54 Å². The van der Waals surface area contributed by atoms with Crippen molar-refractivity contribution in [2.75, 3.05) is 0 Å². The van der Waals surface area contributed by atoms with Gasteiger partial charge in [-0.1, -0.05) is 61.9 Å². The third-order valence-electron chi connectivity index (χ3n) is 4.37. The molecule has 2 fully saturated rings. The van der Waals surface area contributed by atoms with Crippen molar-refractivity contribution in [3.8, 4) is 0 Å². The summed E-state index contributed by atoms with van der Waals surface area (Å²) < 4.78 is 5.42. The Morgan fingerprint density at radius 1 is 1.20 bits per heavy atom. The van der Waals surface area contributed by atoms with Crippen molar-refractivity contribution < 1.29 is 9.53 Å². The van der Waals surface area contributed by atoms with Crippen LogP contribution in [-0.4, -0.2) is 16.5 Å². The highest BCUT2D eigenvalue weighted by molar-refractivity contribution is 5.74. The van der Waals surface area contributed by atoms with Gasteiger partial charge in [-0.3, -0.25) is 4.90 Å². The van der Waals surface area contributed by atoms with E-state index < -0.39 is 0 Å². The Hall–Kier alpha value is -1.99. The Bertz CT molecular complexity index is 552. The van der Waals surface area contributed by atoms with Crippen LogP contribution in [0.4, 0.5) is 4.79 Å². The number of rotatable bonds is 2. The zero-order valence-electron chi connectivity index (χ0n) is 11.6. The number of cyclic esters (lactones) is 1. The lowest BCUT2D eigenvalue weighted by molar-refractivity contribution is 0.124. The van der Waals surface area contributed by atoms with Crippen molar-refractivity contribution in [2.45, 2.75) is 44.2 Å². The van der Waals surface area contributed by atoms with Crippen molar-refractivity contribution in [2.24, 2.45) is 0 Å². The van der Waals surface area contributed by atoms with Crippen molar-refractivity contribution in [1.29, 1.82) is 0 Å². The van der Waals surface area contributed by atoms with Gasteiger partial charge in [-0.15, -0.1) is 0 Å². The van der Waals surface area contributed by atoms with Crippen LogP contribution in [0.15, 0.2) is 48.4 Å². The first-order chi connectivity index (χ1) is 9.76. The minimum absolute atomic E-state index is 0.262. The highest BCUT2D eigenvalue weighted by atomic mass is 16.6. The summed E-state index contributed by atoms with van der Waals surface area (Å²) in [6.45, 7) is 4.29. The van der Waals surface area contributed by atoms with Crippen molar-refractivity contribution in [3.05, 3.63) is 54.0 Å². The quantitative estimate of drug-likeness (QED) is 0.759. The molecule has 1 aromatic carbocycles. The molecule has 1 aromatic rings. The molecule has 0 radical (unpaired) electrons. The number of hydrogen-bond donors (Lipinski definition) is 0. The molecule has 0 unspecified atom stereocenters. The molecule has 1 saturated carbocycles. The molecule has 20 heavy (non-hydrogen) atoms. The summed E-state index contributed by atoms with van der Waals surface area (Å²) in [6.07, 6.45) is 5.09. The fraction of sp³-hybridized carbons (Fsp3) is 0.412. The number of amides is 1. The highest BCUT2D eigenvalue weighted by Gasteiger charge is 2.52. The molecule has 1 amide bonds. The number of nitrogens with zero attached hydrogens (tertiary/aromatic N) is 1. The maximum atomic E-state index is 12.2. The van der Waals surface area contributed by atoms with E-state index in [-0.39, 0.29) is 11.6 Å². The standard InChI is InChI=1S/C17H19NO2/c1-2-15-17(11-7-4-8-12-17)18(16(19)20-15)13-14-9-5-3-6-10-14/h3,5-6,9-10H,1,4,7-8,11-13H2. The summed E-state index contributed by atoms with van der Waals surface area (Å²) in [6, 6.07) is 10.1. The van der Waals surface area contributed by atoms with Gasteiger partial charge in [0.2, 0.25) is 0 Å². The molecule has 2 aliphatic rings. The second-order valence-corrected chi connectivity index (χ2v) is 5.54. The monoisotopic (exact) mass is 269 g/mol. The van der Waals surface area contributed by atoms with Crippen molar-refractivity contribution in [3.63, 3.8) is 0 Å². The maximum absolute atomic E-state index is 12.2. The largest absolute Gasteiger partial charge is 0.416 e. The van der Waals surface area contributed by atoms with Crippen LogP contribution in [0.2, 0.25) is 0 Å². The predicted octanol–water partition coefficient (Wildman–Crippen LogP) is 4.01. The lowest BCUT2D eigenvalue weighted by Crippen LogP contribution is -2.47. The van der Waals surface area contributed by atoms with E-state index in [9.17, 15) is 4.79 Å². The molecule has 3 nitrogen and oxygen atoms in total. The summed E-state index contributed by atoms with van der Waals surface area (Å²) in [4.78, 5) is 14.1. The van der Waals surface area contributed by atoms with Crippen molar-refractivity contribution in [1.82, 2.24) is 4.90 Å². The molecule has 1 spiro atoms. The van der Waals surface area contributed by atoms with Crippen LogP contribution in [0, 0.1) is 0 Å². The van der Waals surface area contributed by atoms with Crippen molar-refractivity contribution >= 4 is 6.09 Å². The van der Waals surface area contributed by atoms with Crippen LogP contribution in [0.3, 0.4) is 0 Å². The number of carbonyl (C=O) groups excluding carboxylic acids is 1. The minimum atomic E-state index is -0.313. The van der Waals surface area contributed by atoms with Crippen LogP contribution < -0.4 is 0 Å². The Kier molecular flexibility index (Phi) is 3.37. The van der Waals surface area contributed by atoms with E-state index in [1.54, 1.807) is 0 Å². The number of benzene rings is 1. The molecule has 0 bridgehead atoms. The third kappa shape index (κ3) is 2.04. The fourth-order valence-corrected chi connectivity index (χ4v) is 3.35. The lowest BCUT2D eigenvalue weighted by atomic mass is 9.79. The van der Waals surface area contributed by atoms with Gasteiger partial charge in [0, 0.05) is 0 Å². The smallest absolute Gasteiger partial charge is 0.404 e. The molecule has 1 aliphatic carbocycles. The molecule has 0 N–H and O–H groups in total. The van der Waals surface area contributed by atoms with E-state index in [4.69, 9.17) is 4.74 Å². The van der Waals surface area contributed by atoms with Gasteiger partial charge in [0.15, 0.2) is 5.76 Å². The number of carbonyl (C=O) groups is 1. The van der Waals surface area contributed by atoms with Crippen LogP contribution in [0.25, 0.3) is 0 Å². The van der Waals surface area contributed by atoms with E-state index in [1.807, 2.05) is 35.2 Å². The first-order valence-corrected chi connectivity index (χ1v) is 7.20. The SMILES string of the molecule is C=C=C1OC(=O)N(Cc2ccccc2)C12CCCCC2. The number of hydrogen-bond acceptors (Lipinski definition) is 2. The molecule has 3 heteroatoms. The summed E-state index contributed by atoms with van der Waals surface area (Å²) in [7, 11) is 0. The van der Waals surface area contributed by atoms with E-state index in [0.29, 0.717) is 12.3 Å². The van der Waals surface area contributed by atoms with Gasteiger partial charge in [0.25, 0.3) is 0 Å². The molecule has 1 saturated heterocycles. The van der Waals surface area contributed by atoms with E-state index in [1.165, 1.54) is 6.42 Å². The van der Waals surface area contributed by atoms with Gasteiger partial charge >= 0.3 is 6.09 Å². The first-order valence-electron chi connectivity index (χ1n) is 7.20. The van der Waals surface area contributed by atoms with E-state index in [2.05, 4.69) is 12.3 Å². The van der Waals surface area contributed by atoms with Gasteiger partial charge < -0.3 is 4.74 Å². The van der Waals surface area contributed by atoms with Crippen LogP contribution in [0.1, 0.15) is 37.7 Å². The van der Waals surface area contributed by atoms with Gasteiger partial charge in [-0.25, -0.2) is 4.79 Å². The normalized spacial score (nSPS) is 20.9. The van der Waals surface area contributed by atoms with Crippen LogP contribution in [-0.2, 0) is 11.3 Å². The van der Waals surface area contributed by atoms with Gasteiger partial charge in [-0.2, -0.15) is 0 Å². The summed E-state index contributed by atoms with van der Waals surface area (Å²) in [5, 5.41) is 0. The fourth-order valence-electron chi connectivity index (χ4n) is 3.35. The predicted molar refractivity (Wildman–Crippen MR) is 76.9 cm³/mol. The molecular formula is C17H19NO2. The molecule has 1 heterocycles. The minimum Gasteiger partial charge on any atom is -0.404 e. The topological polar surface area (TPSA) is 29.5 Å². The zero-order chi connectivity index (χ0) is 14.0. The average molecular weight is 269 g/mol. The molecule has 0 aromatic heterocycles. The highest BCUT2D eigenvalue weighted by Crippen LogP contribution is 2.45. The average Bonchev–Trinajstić information content (AvgIpc) is 2.74. The summed E-state index contributed by atoms with van der Waals surface area (Å²) in [5.74, 6) is 0.623. The van der Waals surface area contributed by atoms with Crippen LogP contribution >= 0.6 is 0 Å². The Labute approximate surface area is 119 Å². The lowest BCUT2D eigenvalue weighted by Gasteiger charge is -2.38.